The molecule has 0 bridgehead atoms. The largest absolute Gasteiger partial charge is 0.468 e. The van der Waals surface area contributed by atoms with Gasteiger partial charge in [0.05, 0.1) is 12.3 Å². The normalized spacial score (nSPS) is 10.9. The van der Waals surface area contributed by atoms with Crippen molar-refractivity contribution in [2.75, 3.05) is 0 Å². The Morgan fingerprint density at radius 1 is 1.60 bits per heavy atom. The first kappa shape index (κ1) is 6.88. The molecule has 0 fully saturated rings. The summed E-state index contributed by atoms with van der Waals surface area (Å²) >= 11 is 0. The summed E-state index contributed by atoms with van der Waals surface area (Å²) in [5.74, 6) is 0.718. The second-order valence-electron chi connectivity index (χ2n) is 2.71. The topological polar surface area (TPSA) is 36.9 Å². The van der Waals surface area contributed by atoms with Crippen LogP contribution in [0.4, 0.5) is 0 Å². The molecule has 0 aliphatic carbocycles. The quantitative estimate of drug-likeness (QED) is 0.591. The van der Waals surface area contributed by atoms with Crippen LogP contribution < -0.4 is 0 Å². The SMILES string of the molecule is CC(C)(C#N)c1ccco1. The van der Waals surface area contributed by atoms with Gasteiger partial charge in [-0.1, -0.05) is 0 Å². The van der Waals surface area contributed by atoms with Crippen LogP contribution in [0.15, 0.2) is 22.8 Å². The zero-order valence-electron chi connectivity index (χ0n) is 6.09. The standard InChI is InChI=1S/C8H9NO/c1-8(2,6-9)7-4-3-5-10-7/h3-5H,1-2H3. The lowest BCUT2D eigenvalue weighted by molar-refractivity contribution is 0.444. The summed E-state index contributed by atoms with van der Waals surface area (Å²) in [5, 5.41) is 8.66. The first-order valence-corrected chi connectivity index (χ1v) is 3.12. The predicted molar refractivity (Wildman–Crippen MR) is 37.3 cm³/mol. The van der Waals surface area contributed by atoms with E-state index in [1.807, 2.05) is 19.9 Å². The zero-order valence-corrected chi connectivity index (χ0v) is 6.09. The number of hydrogen-bond donors (Lipinski definition) is 0. The summed E-state index contributed by atoms with van der Waals surface area (Å²) in [6.07, 6.45) is 1.58. The number of rotatable bonds is 1. The van der Waals surface area contributed by atoms with Gasteiger partial charge in [-0.15, -0.1) is 0 Å². The highest BCUT2D eigenvalue weighted by molar-refractivity contribution is 5.19. The lowest BCUT2D eigenvalue weighted by Gasteiger charge is -2.09. The van der Waals surface area contributed by atoms with E-state index >= 15 is 0 Å². The van der Waals surface area contributed by atoms with Gasteiger partial charge in [-0.05, 0) is 26.0 Å². The lowest BCUT2D eigenvalue weighted by Crippen LogP contribution is -2.11. The highest BCUT2D eigenvalue weighted by Gasteiger charge is 2.22. The molecule has 2 heteroatoms. The molecule has 10 heavy (non-hydrogen) atoms. The molecule has 2 nitrogen and oxygen atoms in total. The minimum absolute atomic E-state index is 0.497. The number of furan rings is 1. The Balaban J connectivity index is 2.99. The zero-order chi connectivity index (χ0) is 7.61. The maximum atomic E-state index is 8.66. The Labute approximate surface area is 60.1 Å². The van der Waals surface area contributed by atoms with Gasteiger partial charge in [0.2, 0.25) is 0 Å². The van der Waals surface area contributed by atoms with Gasteiger partial charge in [-0.25, -0.2) is 0 Å². The van der Waals surface area contributed by atoms with Gasteiger partial charge >= 0.3 is 0 Å². The summed E-state index contributed by atoms with van der Waals surface area (Å²) in [6.45, 7) is 3.65. The van der Waals surface area contributed by atoms with Crippen LogP contribution in [-0.4, -0.2) is 0 Å². The second-order valence-corrected chi connectivity index (χ2v) is 2.71. The maximum Gasteiger partial charge on any atom is 0.123 e. The Kier molecular flexibility index (Phi) is 1.50. The van der Waals surface area contributed by atoms with E-state index in [2.05, 4.69) is 6.07 Å². The first-order valence-electron chi connectivity index (χ1n) is 3.12. The molecule has 0 aliphatic rings. The Bertz CT molecular complexity index is 241. The van der Waals surface area contributed by atoms with Gasteiger partial charge in [0.1, 0.15) is 11.2 Å². The molecule has 1 aromatic heterocycles. The average Bonchev–Trinajstić information content (AvgIpc) is 2.38. The van der Waals surface area contributed by atoms with Crippen LogP contribution in [0.2, 0.25) is 0 Å². The van der Waals surface area contributed by atoms with E-state index in [0.29, 0.717) is 0 Å². The molecule has 1 aromatic rings. The fraction of sp³-hybridized carbons (Fsp3) is 0.375. The van der Waals surface area contributed by atoms with Crippen LogP contribution in [0.25, 0.3) is 0 Å². The van der Waals surface area contributed by atoms with Crippen molar-refractivity contribution >= 4 is 0 Å². The first-order chi connectivity index (χ1) is 4.67. The van der Waals surface area contributed by atoms with Gasteiger partial charge in [0.15, 0.2) is 0 Å². The monoisotopic (exact) mass is 135 g/mol. The molecule has 0 unspecified atom stereocenters. The molecule has 0 saturated heterocycles. The summed E-state index contributed by atoms with van der Waals surface area (Å²) in [4.78, 5) is 0. The Morgan fingerprint density at radius 2 is 2.30 bits per heavy atom. The molecule has 0 saturated carbocycles. The smallest absolute Gasteiger partial charge is 0.123 e. The van der Waals surface area contributed by atoms with Gasteiger partial charge in [-0.3, -0.25) is 0 Å². The second kappa shape index (κ2) is 2.18. The summed E-state index contributed by atoms with van der Waals surface area (Å²) < 4.78 is 5.07. The molecule has 0 aromatic carbocycles. The molecule has 0 atom stereocenters. The molecule has 0 aliphatic heterocycles. The van der Waals surface area contributed by atoms with Crippen molar-refractivity contribution in [2.24, 2.45) is 0 Å². The van der Waals surface area contributed by atoms with Crippen molar-refractivity contribution < 1.29 is 4.42 Å². The maximum absolute atomic E-state index is 8.66. The molecule has 1 rings (SSSR count). The summed E-state index contributed by atoms with van der Waals surface area (Å²) in [5.41, 5.74) is -0.497. The molecule has 0 spiro atoms. The molecule has 1 heterocycles. The van der Waals surface area contributed by atoms with Crippen LogP contribution in [0.3, 0.4) is 0 Å². The minimum atomic E-state index is -0.497. The van der Waals surface area contributed by atoms with Crippen LogP contribution >= 0.6 is 0 Å². The Morgan fingerprint density at radius 3 is 2.70 bits per heavy atom. The number of nitriles is 1. The average molecular weight is 135 g/mol. The van der Waals surface area contributed by atoms with E-state index in [1.54, 1.807) is 12.3 Å². The van der Waals surface area contributed by atoms with Gasteiger partial charge < -0.3 is 4.42 Å². The van der Waals surface area contributed by atoms with Gasteiger partial charge in [-0.2, -0.15) is 5.26 Å². The third-order valence-electron chi connectivity index (χ3n) is 1.42. The van der Waals surface area contributed by atoms with Crippen molar-refractivity contribution in [3.63, 3.8) is 0 Å². The van der Waals surface area contributed by atoms with Crippen molar-refractivity contribution in [3.05, 3.63) is 24.2 Å². The molecule has 0 amide bonds. The van der Waals surface area contributed by atoms with Crippen LogP contribution in [0.5, 0.6) is 0 Å². The molecular formula is C8H9NO. The van der Waals surface area contributed by atoms with Crippen molar-refractivity contribution in [1.82, 2.24) is 0 Å². The fourth-order valence-electron chi connectivity index (χ4n) is 0.689. The van der Waals surface area contributed by atoms with E-state index in [4.69, 9.17) is 9.68 Å². The lowest BCUT2D eigenvalue weighted by atomic mass is 9.93. The van der Waals surface area contributed by atoms with Crippen molar-refractivity contribution in [2.45, 2.75) is 19.3 Å². The van der Waals surface area contributed by atoms with Crippen LogP contribution in [0.1, 0.15) is 19.6 Å². The molecule has 52 valence electrons. The van der Waals surface area contributed by atoms with E-state index < -0.39 is 5.41 Å². The fourth-order valence-corrected chi connectivity index (χ4v) is 0.689. The highest BCUT2D eigenvalue weighted by Crippen LogP contribution is 2.21. The van der Waals surface area contributed by atoms with Crippen LogP contribution in [-0.2, 0) is 5.41 Å². The third-order valence-corrected chi connectivity index (χ3v) is 1.42. The van der Waals surface area contributed by atoms with E-state index in [0.717, 1.165) is 5.76 Å². The van der Waals surface area contributed by atoms with E-state index in [9.17, 15) is 0 Å². The molecule has 0 N–H and O–H groups in total. The highest BCUT2D eigenvalue weighted by atomic mass is 16.3. The van der Waals surface area contributed by atoms with E-state index in [-0.39, 0.29) is 0 Å². The van der Waals surface area contributed by atoms with Gasteiger partial charge in [0.25, 0.3) is 0 Å². The van der Waals surface area contributed by atoms with Crippen molar-refractivity contribution in [1.29, 1.82) is 5.26 Å². The Hall–Kier alpha value is -1.23. The minimum Gasteiger partial charge on any atom is -0.468 e. The summed E-state index contributed by atoms with van der Waals surface area (Å²) in [7, 11) is 0. The predicted octanol–water partition coefficient (Wildman–Crippen LogP) is 2.08. The van der Waals surface area contributed by atoms with E-state index in [1.165, 1.54) is 0 Å². The third kappa shape index (κ3) is 1.03. The number of nitrogens with zero attached hydrogens (tertiary/aromatic N) is 1. The summed E-state index contributed by atoms with van der Waals surface area (Å²) in [6, 6.07) is 5.74. The van der Waals surface area contributed by atoms with Crippen LogP contribution in [0, 0.1) is 11.3 Å². The van der Waals surface area contributed by atoms with Crippen molar-refractivity contribution in [3.8, 4) is 6.07 Å². The molecule has 0 radical (unpaired) electrons. The number of hydrogen-bond acceptors (Lipinski definition) is 2. The van der Waals surface area contributed by atoms with Gasteiger partial charge in [0, 0.05) is 0 Å². The molecular weight excluding hydrogens is 126 g/mol.